The van der Waals surface area contributed by atoms with Crippen molar-refractivity contribution in [3.63, 3.8) is 0 Å². The number of hydrogen-bond acceptors (Lipinski definition) is 4. The van der Waals surface area contributed by atoms with Gasteiger partial charge in [0.2, 0.25) is 0 Å². The number of methoxy groups -OCH3 is 1. The number of barbiturate groups is 1. The molecule has 2 aliphatic rings. The molecule has 0 spiro atoms. The van der Waals surface area contributed by atoms with Crippen LogP contribution in [0.2, 0.25) is 0 Å². The number of imide groups is 2. The van der Waals surface area contributed by atoms with Gasteiger partial charge in [-0.3, -0.25) is 20.2 Å². The number of allylic oxidation sites excluding steroid dienone is 2. The molecule has 4 amide bonds. The molecule has 6 heteroatoms. The van der Waals surface area contributed by atoms with Gasteiger partial charge in [-0.2, -0.15) is 0 Å². The minimum absolute atomic E-state index is 0.0642. The molecule has 2 atom stereocenters. The molecule has 1 saturated carbocycles. The summed E-state index contributed by atoms with van der Waals surface area (Å²) in [6, 6.07) is -0.784. The number of amides is 4. The minimum atomic E-state index is -0.784. The number of carbonyl (C=O) groups is 3. The highest BCUT2D eigenvalue weighted by Crippen LogP contribution is 2.27. The standard InChI is InChI=1S/C14H18N2O4/c1-20-11-8-3-2-5-9(11)6-4-7-10-12(17)15-14(19)16-13(10)18/h4,6-7,9,11H,2-3,5,8H2,1H3,(H2,15,16,17,18,19)/b6-4+. The van der Waals surface area contributed by atoms with Crippen molar-refractivity contribution in [1.29, 1.82) is 0 Å². The molecule has 2 rings (SSSR count). The fourth-order valence-electron chi connectivity index (χ4n) is 2.56. The molecule has 6 nitrogen and oxygen atoms in total. The summed E-state index contributed by atoms with van der Waals surface area (Å²) >= 11 is 0. The lowest BCUT2D eigenvalue weighted by molar-refractivity contribution is -0.124. The van der Waals surface area contributed by atoms with Gasteiger partial charge in [0.05, 0.1) is 6.10 Å². The predicted octanol–water partition coefficient (Wildman–Crippen LogP) is 1.04. The summed E-state index contributed by atoms with van der Waals surface area (Å²) in [5.74, 6) is -1.05. The van der Waals surface area contributed by atoms with Crippen molar-refractivity contribution in [3.05, 3.63) is 23.8 Å². The van der Waals surface area contributed by atoms with E-state index in [0.717, 1.165) is 25.7 Å². The Balaban J connectivity index is 2.03. The van der Waals surface area contributed by atoms with Gasteiger partial charge in [-0.15, -0.1) is 0 Å². The molecule has 0 radical (unpaired) electrons. The van der Waals surface area contributed by atoms with Gasteiger partial charge < -0.3 is 4.74 Å². The first-order valence-electron chi connectivity index (χ1n) is 6.69. The number of nitrogens with one attached hydrogen (secondary N) is 2. The van der Waals surface area contributed by atoms with Crippen LogP contribution < -0.4 is 10.6 Å². The molecule has 0 aromatic rings. The lowest BCUT2D eigenvalue weighted by Gasteiger charge is -2.27. The van der Waals surface area contributed by atoms with Crippen LogP contribution in [-0.2, 0) is 14.3 Å². The van der Waals surface area contributed by atoms with E-state index >= 15 is 0 Å². The van der Waals surface area contributed by atoms with E-state index in [1.165, 1.54) is 6.08 Å². The summed E-state index contributed by atoms with van der Waals surface area (Å²) in [5.41, 5.74) is -0.0642. The first kappa shape index (κ1) is 14.5. The van der Waals surface area contributed by atoms with Crippen molar-refractivity contribution in [2.45, 2.75) is 31.8 Å². The SMILES string of the molecule is COC1CCCCC1/C=C/C=C1C(=O)NC(=O)NC1=O. The second-order valence-corrected chi connectivity index (χ2v) is 4.93. The van der Waals surface area contributed by atoms with E-state index < -0.39 is 17.8 Å². The van der Waals surface area contributed by atoms with Crippen molar-refractivity contribution < 1.29 is 19.1 Å². The molecular formula is C14H18N2O4. The highest BCUT2D eigenvalue weighted by atomic mass is 16.5. The Morgan fingerprint density at radius 3 is 2.40 bits per heavy atom. The van der Waals surface area contributed by atoms with E-state index in [1.807, 2.05) is 16.7 Å². The molecule has 1 aliphatic carbocycles. The Bertz CT molecular complexity index is 460. The lowest BCUT2D eigenvalue weighted by atomic mass is 9.86. The molecule has 0 aromatic carbocycles. The van der Waals surface area contributed by atoms with Crippen LogP contribution in [0.25, 0.3) is 0 Å². The highest BCUT2D eigenvalue weighted by Gasteiger charge is 2.27. The van der Waals surface area contributed by atoms with Crippen LogP contribution >= 0.6 is 0 Å². The van der Waals surface area contributed by atoms with E-state index in [9.17, 15) is 14.4 Å². The number of urea groups is 1. The molecule has 1 heterocycles. The van der Waals surface area contributed by atoms with Crippen molar-refractivity contribution in [2.75, 3.05) is 7.11 Å². The summed E-state index contributed by atoms with van der Waals surface area (Å²) in [5, 5.41) is 4.06. The van der Waals surface area contributed by atoms with Crippen LogP contribution in [0.15, 0.2) is 23.8 Å². The molecule has 2 unspecified atom stereocenters. The van der Waals surface area contributed by atoms with Crippen LogP contribution in [0.1, 0.15) is 25.7 Å². The zero-order chi connectivity index (χ0) is 14.5. The third-order valence-corrected chi connectivity index (χ3v) is 3.62. The molecule has 2 fully saturated rings. The Kier molecular flexibility index (Phi) is 4.68. The largest absolute Gasteiger partial charge is 0.381 e. The first-order valence-corrected chi connectivity index (χ1v) is 6.69. The molecule has 2 N–H and O–H groups in total. The van der Waals surface area contributed by atoms with Gasteiger partial charge in [0.1, 0.15) is 5.57 Å². The second-order valence-electron chi connectivity index (χ2n) is 4.93. The smallest absolute Gasteiger partial charge is 0.328 e. The zero-order valence-corrected chi connectivity index (χ0v) is 11.3. The fourth-order valence-corrected chi connectivity index (χ4v) is 2.56. The van der Waals surface area contributed by atoms with Gasteiger partial charge in [-0.1, -0.05) is 25.0 Å². The van der Waals surface area contributed by atoms with Crippen molar-refractivity contribution in [2.24, 2.45) is 5.92 Å². The Morgan fingerprint density at radius 2 is 1.75 bits per heavy atom. The molecule has 108 valence electrons. The summed E-state index contributed by atoms with van der Waals surface area (Å²) in [6.07, 6.45) is 9.64. The number of hydrogen-bond donors (Lipinski definition) is 2. The summed E-state index contributed by atoms with van der Waals surface area (Å²) < 4.78 is 5.43. The Morgan fingerprint density at radius 1 is 1.10 bits per heavy atom. The van der Waals surface area contributed by atoms with Gasteiger partial charge >= 0.3 is 6.03 Å². The van der Waals surface area contributed by atoms with E-state index in [0.29, 0.717) is 5.92 Å². The molecule has 20 heavy (non-hydrogen) atoms. The Hall–Kier alpha value is -1.95. The van der Waals surface area contributed by atoms with E-state index in [4.69, 9.17) is 4.74 Å². The maximum Gasteiger partial charge on any atom is 0.328 e. The van der Waals surface area contributed by atoms with Crippen LogP contribution in [0.4, 0.5) is 4.79 Å². The highest BCUT2D eigenvalue weighted by molar-refractivity contribution is 6.28. The van der Waals surface area contributed by atoms with E-state index in [2.05, 4.69) is 0 Å². The monoisotopic (exact) mass is 278 g/mol. The quantitative estimate of drug-likeness (QED) is 0.596. The predicted molar refractivity (Wildman–Crippen MR) is 71.7 cm³/mol. The Labute approximate surface area is 117 Å². The van der Waals surface area contributed by atoms with Crippen molar-refractivity contribution >= 4 is 17.8 Å². The van der Waals surface area contributed by atoms with Gasteiger partial charge in [-0.05, 0) is 18.9 Å². The third kappa shape index (κ3) is 3.33. The van der Waals surface area contributed by atoms with Gasteiger partial charge in [0.25, 0.3) is 11.8 Å². The summed E-state index contributed by atoms with van der Waals surface area (Å²) in [6.45, 7) is 0. The maximum absolute atomic E-state index is 11.5. The van der Waals surface area contributed by atoms with Gasteiger partial charge in [0.15, 0.2) is 0 Å². The number of ether oxygens (including phenoxy) is 1. The van der Waals surface area contributed by atoms with Crippen molar-refractivity contribution in [3.8, 4) is 0 Å². The average molecular weight is 278 g/mol. The number of rotatable bonds is 3. The lowest BCUT2D eigenvalue weighted by Crippen LogP contribution is -2.51. The zero-order valence-electron chi connectivity index (χ0n) is 11.3. The third-order valence-electron chi connectivity index (χ3n) is 3.62. The molecule has 0 aromatic heterocycles. The van der Waals surface area contributed by atoms with Crippen LogP contribution in [0.5, 0.6) is 0 Å². The number of carbonyl (C=O) groups excluding carboxylic acids is 3. The summed E-state index contributed by atoms with van der Waals surface area (Å²) in [4.78, 5) is 33.9. The van der Waals surface area contributed by atoms with Gasteiger partial charge in [0, 0.05) is 13.0 Å². The molecular weight excluding hydrogens is 260 g/mol. The minimum Gasteiger partial charge on any atom is -0.381 e. The second kappa shape index (κ2) is 6.47. The normalized spacial score (nSPS) is 27.4. The molecule has 1 aliphatic heterocycles. The van der Waals surface area contributed by atoms with E-state index in [1.54, 1.807) is 13.2 Å². The molecule has 0 bridgehead atoms. The topological polar surface area (TPSA) is 84.5 Å². The summed E-state index contributed by atoms with van der Waals surface area (Å²) in [7, 11) is 1.70. The van der Waals surface area contributed by atoms with Gasteiger partial charge in [-0.25, -0.2) is 4.79 Å². The van der Waals surface area contributed by atoms with Crippen LogP contribution in [-0.4, -0.2) is 31.1 Å². The first-order chi connectivity index (χ1) is 9.61. The maximum atomic E-state index is 11.5. The van der Waals surface area contributed by atoms with Crippen molar-refractivity contribution in [1.82, 2.24) is 10.6 Å². The fraction of sp³-hybridized carbons (Fsp3) is 0.500. The van der Waals surface area contributed by atoms with Crippen LogP contribution in [0, 0.1) is 5.92 Å². The average Bonchev–Trinajstić information content (AvgIpc) is 2.42. The molecule has 1 saturated heterocycles. The van der Waals surface area contributed by atoms with E-state index in [-0.39, 0.29) is 11.7 Å². The van der Waals surface area contributed by atoms with Crippen LogP contribution in [0.3, 0.4) is 0 Å².